The molecule has 0 amide bonds. The highest BCUT2D eigenvalue weighted by Crippen LogP contribution is 2.12. The van der Waals surface area contributed by atoms with Gasteiger partial charge in [-0.15, -0.1) is 0 Å². The van der Waals surface area contributed by atoms with Crippen LogP contribution in [-0.4, -0.2) is 17.2 Å². The summed E-state index contributed by atoms with van der Waals surface area (Å²) in [7, 11) is 1.95. The van der Waals surface area contributed by atoms with Gasteiger partial charge in [-0.1, -0.05) is 6.92 Å². The lowest BCUT2D eigenvalue weighted by Gasteiger charge is -2.12. The van der Waals surface area contributed by atoms with Crippen molar-refractivity contribution in [2.24, 2.45) is 0 Å². The number of aromatic nitrogens is 2. The zero-order valence-electron chi connectivity index (χ0n) is 6.91. The van der Waals surface area contributed by atoms with Crippen molar-refractivity contribution in [3.63, 3.8) is 0 Å². The van der Waals surface area contributed by atoms with E-state index >= 15 is 0 Å². The van der Waals surface area contributed by atoms with Gasteiger partial charge in [0.25, 0.3) is 0 Å². The maximum Gasteiger partial charge on any atom is 0.0544 e. The number of nitrogens with zero attached hydrogens (tertiary/aromatic N) is 2. The molecule has 0 aromatic carbocycles. The van der Waals surface area contributed by atoms with Crippen molar-refractivity contribution >= 4 is 0 Å². The van der Waals surface area contributed by atoms with Crippen molar-refractivity contribution in [2.45, 2.75) is 19.4 Å². The Balaban J connectivity index is 2.74. The molecule has 1 N–H and O–H groups in total. The zero-order valence-corrected chi connectivity index (χ0v) is 6.91. The van der Waals surface area contributed by atoms with E-state index in [1.165, 1.54) is 5.56 Å². The van der Waals surface area contributed by atoms with Crippen LogP contribution in [0.2, 0.25) is 0 Å². The van der Waals surface area contributed by atoms with E-state index < -0.39 is 0 Å². The van der Waals surface area contributed by atoms with E-state index in [2.05, 4.69) is 22.4 Å². The summed E-state index contributed by atoms with van der Waals surface area (Å²) in [4.78, 5) is 0. The monoisotopic (exact) mass is 151 g/mol. The number of hydrogen-bond donors (Lipinski definition) is 1. The molecule has 3 heteroatoms. The van der Waals surface area contributed by atoms with Gasteiger partial charge < -0.3 is 5.32 Å². The first kappa shape index (κ1) is 8.14. The Bertz CT molecular complexity index is 194. The van der Waals surface area contributed by atoms with Crippen LogP contribution in [0.1, 0.15) is 24.9 Å². The summed E-state index contributed by atoms with van der Waals surface area (Å²) in [5, 5.41) is 10.7. The first-order valence-electron chi connectivity index (χ1n) is 3.82. The second kappa shape index (κ2) is 4.03. The van der Waals surface area contributed by atoms with Crippen molar-refractivity contribution in [2.75, 3.05) is 7.05 Å². The Labute approximate surface area is 66.8 Å². The van der Waals surface area contributed by atoms with Crippen LogP contribution in [-0.2, 0) is 0 Å². The molecule has 1 rings (SSSR count). The van der Waals surface area contributed by atoms with Gasteiger partial charge in [0.05, 0.1) is 6.20 Å². The predicted molar refractivity (Wildman–Crippen MR) is 44.1 cm³/mol. The van der Waals surface area contributed by atoms with Crippen molar-refractivity contribution in [1.29, 1.82) is 0 Å². The highest BCUT2D eigenvalue weighted by atomic mass is 15.1. The van der Waals surface area contributed by atoms with E-state index in [0.717, 1.165) is 6.42 Å². The molecule has 0 saturated heterocycles. The van der Waals surface area contributed by atoms with E-state index in [1.54, 1.807) is 12.4 Å². The van der Waals surface area contributed by atoms with Crippen LogP contribution in [0.25, 0.3) is 0 Å². The largest absolute Gasteiger partial charge is 0.313 e. The van der Waals surface area contributed by atoms with Crippen LogP contribution in [0.4, 0.5) is 0 Å². The van der Waals surface area contributed by atoms with Crippen LogP contribution < -0.4 is 5.32 Å². The summed E-state index contributed by atoms with van der Waals surface area (Å²) in [6.07, 6.45) is 4.59. The summed E-state index contributed by atoms with van der Waals surface area (Å²) in [6, 6.07) is 2.39. The Morgan fingerprint density at radius 1 is 1.55 bits per heavy atom. The Kier molecular flexibility index (Phi) is 2.98. The molecule has 1 unspecified atom stereocenters. The Hall–Kier alpha value is -0.960. The van der Waals surface area contributed by atoms with Gasteiger partial charge in [-0.2, -0.15) is 10.2 Å². The molecule has 0 fully saturated rings. The minimum atomic E-state index is 0.408. The summed E-state index contributed by atoms with van der Waals surface area (Å²) >= 11 is 0. The molecule has 11 heavy (non-hydrogen) atoms. The first-order chi connectivity index (χ1) is 5.38. The Morgan fingerprint density at radius 2 is 2.36 bits per heavy atom. The smallest absolute Gasteiger partial charge is 0.0544 e. The van der Waals surface area contributed by atoms with Crippen molar-refractivity contribution < 1.29 is 0 Å². The molecule has 1 atom stereocenters. The SMILES string of the molecule is CCC(NC)c1ccnnc1. The molecule has 1 aromatic heterocycles. The molecule has 3 nitrogen and oxygen atoms in total. The molecular formula is C8H13N3. The van der Waals surface area contributed by atoms with Gasteiger partial charge in [0, 0.05) is 12.2 Å². The van der Waals surface area contributed by atoms with Gasteiger partial charge in [0.2, 0.25) is 0 Å². The fourth-order valence-corrected chi connectivity index (χ4v) is 1.11. The second-order valence-electron chi connectivity index (χ2n) is 2.43. The minimum Gasteiger partial charge on any atom is -0.313 e. The molecule has 0 spiro atoms. The lowest BCUT2D eigenvalue weighted by Crippen LogP contribution is -2.15. The van der Waals surface area contributed by atoms with Crippen LogP contribution in [0.5, 0.6) is 0 Å². The van der Waals surface area contributed by atoms with Crippen molar-refractivity contribution in [3.05, 3.63) is 24.0 Å². The summed E-state index contributed by atoms with van der Waals surface area (Å²) in [5.74, 6) is 0. The third-order valence-electron chi connectivity index (χ3n) is 1.77. The van der Waals surface area contributed by atoms with E-state index in [0.29, 0.717) is 6.04 Å². The molecule has 0 bridgehead atoms. The normalized spacial score (nSPS) is 12.9. The van der Waals surface area contributed by atoms with Crippen LogP contribution in [0, 0.1) is 0 Å². The average Bonchev–Trinajstić information content (AvgIpc) is 2.09. The van der Waals surface area contributed by atoms with Gasteiger partial charge in [0.15, 0.2) is 0 Å². The van der Waals surface area contributed by atoms with Crippen LogP contribution in [0.3, 0.4) is 0 Å². The molecule has 60 valence electrons. The van der Waals surface area contributed by atoms with E-state index in [1.807, 2.05) is 13.1 Å². The third kappa shape index (κ3) is 1.98. The van der Waals surface area contributed by atoms with E-state index in [9.17, 15) is 0 Å². The molecule has 0 saturated carbocycles. The van der Waals surface area contributed by atoms with Gasteiger partial charge in [-0.3, -0.25) is 0 Å². The number of hydrogen-bond acceptors (Lipinski definition) is 3. The lowest BCUT2D eigenvalue weighted by molar-refractivity contribution is 0.573. The standard InChI is InChI=1S/C8H13N3/c1-3-8(9-2)7-4-5-10-11-6-7/h4-6,8-9H,3H2,1-2H3. The van der Waals surface area contributed by atoms with E-state index in [-0.39, 0.29) is 0 Å². The van der Waals surface area contributed by atoms with Crippen LogP contribution >= 0.6 is 0 Å². The van der Waals surface area contributed by atoms with Gasteiger partial charge in [0.1, 0.15) is 0 Å². The molecule has 0 aliphatic rings. The summed E-state index contributed by atoms with van der Waals surface area (Å²) < 4.78 is 0. The molecule has 0 aliphatic carbocycles. The number of rotatable bonds is 3. The van der Waals surface area contributed by atoms with Gasteiger partial charge in [-0.25, -0.2) is 0 Å². The van der Waals surface area contributed by atoms with E-state index in [4.69, 9.17) is 0 Å². The first-order valence-corrected chi connectivity index (χ1v) is 3.82. The third-order valence-corrected chi connectivity index (χ3v) is 1.77. The maximum atomic E-state index is 3.81. The lowest BCUT2D eigenvalue weighted by atomic mass is 10.1. The summed E-state index contributed by atoms with van der Waals surface area (Å²) in [5.41, 5.74) is 1.20. The van der Waals surface area contributed by atoms with Crippen LogP contribution in [0.15, 0.2) is 18.5 Å². The zero-order chi connectivity index (χ0) is 8.10. The highest BCUT2D eigenvalue weighted by Gasteiger charge is 2.04. The average molecular weight is 151 g/mol. The van der Waals surface area contributed by atoms with Crippen molar-refractivity contribution in [3.8, 4) is 0 Å². The molecule has 1 heterocycles. The van der Waals surface area contributed by atoms with Gasteiger partial charge in [-0.05, 0) is 25.1 Å². The topological polar surface area (TPSA) is 37.8 Å². The fourth-order valence-electron chi connectivity index (χ4n) is 1.11. The fraction of sp³-hybridized carbons (Fsp3) is 0.500. The molecular weight excluding hydrogens is 138 g/mol. The summed E-state index contributed by atoms with van der Waals surface area (Å²) in [6.45, 7) is 2.14. The van der Waals surface area contributed by atoms with Crippen molar-refractivity contribution in [1.82, 2.24) is 15.5 Å². The molecule has 1 aromatic rings. The quantitative estimate of drug-likeness (QED) is 0.704. The minimum absolute atomic E-state index is 0.408. The number of nitrogens with one attached hydrogen (secondary N) is 1. The van der Waals surface area contributed by atoms with Gasteiger partial charge >= 0.3 is 0 Å². The second-order valence-corrected chi connectivity index (χ2v) is 2.43. The predicted octanol–water partition coefficient (Wildman–Crippen LogP) is 1.15. The highest BCUT2D eigenvalue weighted by molar-refractivity contribution is 5.10. The Morgan fingerprint density at radius 3 is 2.82 bits per heavy atom. The molecule has 0 aliphatic heterocycles. The molecule has 0 radical (unpaired) electrons. The maximum absolute atomic E-state index is 3.81.